The molecule has 3 rings (SSSR count). The van der Waals surface area contributed by atoms with Crippen LogP contribution in [0.4, 0.5) is 5.69 Å². The molecule has 2 nitrogen and oxygen atoms in total. The van der Waals surface area contributed by atoms with Crippen molar-refractivity contribution in [3.05, 3.63) is 20.7 Å². The van der Waals surface area contributed by atoms with Crippen LogP contribution in [0.3, 0.4) is 0 Å². The summed E-state index contributed by atoms with van der Waals surface area (Å²) in [5, 5.41) is 0.757. The Labute approximate surface area is 130 Å². The molecule has 1 aliphatic carbocycles. The van der Waals surface area contributed by atoms with Crippen molar-refractivity contribution in [2.45, 2.75) is 37.0 Å². The zero-order chi connectivity index (χ0) is 12.5. The predicted octanol–water partition coefficient (Wildman–Crippen LogP) is 5.17. The summed E-state index contributed by atoms with van der Waals surface area (Å²) in [6.07, 6.45) is 6.52. The van der Waals surface area contributed by atoms with E-state index in [1.54, 1.807) is 11.9 Å². The van der Waals surface area contributed by atoms with Gasteiger partial charge in [0.2, 0.25) is 0 Å². The molecule has 0 atom stereocenters. The zero-order valence-electron chi connectivity index (χ0n) is 9.88. The first-order valence-corrected chi connectivity index (χ1v) is 8.52. The molecule has 96 valence electrons. The van der Waals surface area contributed by atoms with Gasteiger partial charge in [-0.05, 0) is 59.5 Å². The van der Waals surface area contributed by atoms with Crippen molar-refractivity contribution >= 4 is 57.7 Å². The molecule has 5 heteroatoms. The van der Waals surface area contributed by atoms with Crippen LogP contribution in [-0.4, -0.2) is 5.84 Å². The van der Waals surface area contributed by atoms with Crippen molar-refractivity contribution in [1.82, 2.24) is 4.72 Å². The SMILES string of the molecule is Clc1ccc(I)c2c1N=C(C1CCCCC1)NS2. The van der Waals surface area contributed by atoms with Gasteiger partial charge in [-0.15, -0.1) is 0 Å². The van der Waals surface area contributed by atoms with Crippen LogP contribution in [0.15, 0.2) is 22.0 Å². The van der Waals surface area contributed by atoms with Gasteiger partial charge in [0.25, 0.3) is 0 Å². The van der Waals surface area contributed by atoms with Crippen molar-refractivity contribution in [3.63, 3.8) is 0 Å². The number of hydrogen-bond acceptors (Lipinski definition) is 3. The highest BCUT2D eigenvalue weighted by Gasteiger charge is 2.24. The van der Waals surface area contributed by atoms with Gasteiger partial charge in [-0.3, -0.25) is 0 Å². The number of fused-ring (bicyclic) bond motifs is 1. The maximum absolute atomic E-state index is 6.27. The first kappa shape index (κ1) is 13.1. The van der Waals surface area contributed by atoms with Crippen LogP contribution in [0, 0.1) is 9.49 Å². The Morgan fingerprint density at radius 2 is 2.06 bits per heavy atom. The lowest BCUT2D eigenvalue weighted by molar-refractivity contribution is 0.436. The minimum Gasteiger partial charge on any atom is -0.313 e. The summed E-state index contributed by atoms with van der Waals surface area (Å²) >= 11 is 10.3. The van der Waals surface area contributed by atoms with Crippen molar-refractivity contribution in [2.75, 3.05) is 0 Å². The molecule has 0 unspecified atom stereocenters. The van der Waals surface area contributed by atoms with E-state index < -0.39 is 0 Å². The largest absolute Gasteiger partial charge is 0.313 e. The summed E-state index contributed by atoms with van der Waals surface area (Å²) < 4.78 is 4.62. The minimum atomic E-state index is 0.591. The van der Waals surface area contributed by atoms with Crippen LogP contribution in [0.5, 0.6) is 0 Å². The fraction of sp³-hybridized carbons (Fsp3) is 0.462. The Balaban J connectivity index is 1.95. The summed E-state index contributed by atoms with van der Waals surface area (Å²) in [6.45, 7) is 0. The molecule has 1 heterocycles. The van der Waals surface area contributed by atoms with Gasteiger partial charge in [0.05, 0.1) is 9.92 Å². The summed E-state index contributed by atoms with van der Waals surface area (Å²) in [5.41, 5.74) is 0.952. The number of benzene rings is 1. The van der Waals surface area contributed by atoms with Crippen LogP contribution >= 0.6 is 46.1 Å². The van der Waals surface area contributed by atoms with E-state index in [9.17, 15) is 0 Å². The molecule has 1 saturated carbocycles. The van der Waals surface area contributed by atoms with Crippen LogP contribution in [0.1, 0.15) is 32.1 Å². The van der Waals surface area contributed by atoms with E-state index in [4.69, 9.17) is 16.6 Å². The Hall–Kier alpha value is 0.0600. The Morgan fingerprint density at radius 1 is 1.28 bits per heavy atom. The molecule has 1 aromatic carbocycles. The molecule has 2 aliphatic rings. The first-order valence-electron chi connectivity index (χ1n) is 6.25. The van der Waals surface area contributed by atoms with E-state index in [1.807, 2.05) is 12.1 Å². The smallest absolute Gasteiger partial charge is 0.116 e. The second-order valence-corrected chi connectivity index (χ2v) is 7.13. The molecule has 1 aliphatic heterocycles. The average molecular weight is 393 g/mol. The Bertz CT molecular complexity index is 498. The number of amidine groups is 1. The standard InChI is InChI=1S/C13H14ClIN2S/c14-9-6-7-10(15)12-11(9)16-13(17-18-12)8-4-2-1-3-5-8/h6-8H,1-5H2,(H,16,17). The molecule has 1 aromatic rings. The van der Waals surface area contributed by atoms with Gasteiger partial charge in [-0.25, -0.2) is 4.99 Å². The highest BCUT2D eigenvalue weighted by molar-refractivity contribution is 14.1. The van der Waals surface area contributed by atoms with Gasteiger partial charge < -0.3 is 4.72 Å². The summed E-state index contributed by atoms with van der Waals surface area (Å²) in [6, 6.07) is 3.98. The van der Waals surface area contributed by atoms with Crippen LogP contribution < -0.4 is 4.72 Å². The highest BCUT2D eigenvalue weighted by atomic mass is 127. The van der Waals surface area contributed by atoms with Crippen molar-refractivity contribution in [3.8, 4) is 0 Å². The number of aliphatic imine (C=N–C) groups is 1. The van der Waals surface area contributed by atoms with E-state index in [0.717, 1.165) is 21.4 Å². The van der Waals surface area contributed by atoms with Gasteiger partial charge in [0, 0.05) is 9.49 Å². The zero-order valence-corrected chi connectivity index (χ0v) is 13.6. The lowest BCUT2D eigenvalue weighted by atomic mass is 9.88. The van der Waals surface area contributed by atoms with E-state index in [0.29, 0.717) is 5.92 Å². The van der Waals surface area contributed by atoms with E-state index in [2.05, 4.69) is 27.3 Å². The number of hydrogen-bond donors (Lipinski definition) is 1. The second-order valence-electron chi connectivity index (χ2n) is 4.74. The minimum absolute atomic E-state index is 0.591. The molecule has 0 spiro atoms. The molecular formula is C13H14ClIN2S. The van der Waals surface area contributed by atoms with Gasteiger partial charge in [0.1, 0.15) is 11.5 Å². The topological polar surface area (TPSA) is 24.4 Å². The Kier molecular flexibility index (Phi) is 4.06. The molecule has 0 aromatic heterocycles. The summed E-state index contributed by atoms with van der Waals surface area (Å²) in [5.74, 6) is 1.71. The molecule has 0 amide bonds. The monoisotopic (exact) mass is 392 g/mol. The van der Waals surface area contributed by atoms with Crippen LogP contribution in [-0.2, 0) is 0 Å². The lowest BCUT2D eigenvalue weighted by Gasteiger charge is -2.27. The van der Waals surface area contributed by atoms with Gasteiger partial charge in [-0.2, -0.15) is 0 Å². The van der Waals surface area contributed by atoms with Crippen LogP contribution in [0.2, 0.25) is 5.02 Å². The fourth-order valence-corrected chi connectivity index (χ4v) is 4.38. The molecule has 1 fully saturated rings. The second kappa shape index (κ2) is 5.59. The number of rotatable bonds is 1. The van der Waals surface area contributed by atoms with E-state index in [1.165, 1.54) is 35.7 Å². The van der Waals surface area contributed by atoms with Gasteiger partial charge >= 0.3 is 0 Å². The molecule has 0 radical (unpaired) electrons. The molecule has 0 bridgehead atoms. The average Bonchev–Trinajstić information content (AvgIpc) is 2.44. The predicted molar refractivity (Wildman–Crippen MR) is 86.8 cm³/mol. The third-order valence-electron chi connectivity index (χ3n) is 3.52. The van der Waals surface area contributed by atoms with E-state index in [-0.39, 0.29) is 0 Å². The van der Waals surface area contributed by atoms with Crippen LogP contribution in [0.25, 0.3) is 0 Å². The van der Waals surface area contributed by atoms with Crippen molar-refractivity contribution in [1.29, 1.82) is 0 Å². The quantitative estimate of drug-likeness (QED) is 0.527. The number of halogens is 2. The number of nitrogens with one attached hydrogen (secondary N) is 1. The molecule has 0 saturated heterocycles. The van der Waals surface area contributed by atoms with E-state index >= 15 is 0 Å². The summed E-state index contributed by atoms with van der Waals surface area (Å²) in [7, 11) is 0. The highest BCUT2D eigenvalue weighted by Crippen LogP contribution is 2.42. The number of nitrogens with zero attached hydrogens (tertiary/aromatic N) is 1. The maximum Gasteiger partial charge on any atom is 0.116 e. The normalized spacial score (nSPS) is 20.0. The van der Waals surface area contributed by atoms with Gasteiger partial charge in [0.15, 0.2) is 0 Å². The lowest BCUT2D eigenvalue weighted by Crippen LogP contribution is -2.29. The molecule has 18 heavy (non-hydrogen) atoms. The molecular weight excluding hydrogens is 379 g/mol. The first-order chi connectivity index (χ1) is 8.75. The Morgan fingerprint density at radius 3 is 2.83 bits per heavy atom. The summed E-state index contributed by atoms with van der Waals surface area (Å²) in [4.78, 5) is 5.93. The maximum atomic E-state index is 6.27. The third kappa shape index (κ3) is 2.51. The molecule has 1 N–H and O–H groups in total. The fourth-order valence-electron chi connectivity index (χ4n) is 2.52. The van der Waals surface area contributed by atoms with Crippen molar-refractivity contribution in [2.24, 2.45) is 10.9 Å². The third-order valence-corrected chi connectivity index (χ3v) is 6.01. The van der Waals surface area contributed by atoms with Crippen molar-refractivity contribution < 1.29 is 0 Å². The van der Waals surface area contributed by atoms with Gasteiger partial charge in [-0.1, -0.05) is 30.9 Å².